The zero-order valence-electron chi connectivity index (χ0n) is 25.1. The van der Waals surface area contributed by atoms with Crippen LogP contribution in [-0.2, 0) is 28.5 Å². The summed E-state index contributed by atoms with van der Waals surface area (Å²) in [6, 6.07) is -0.639. The van der Waals surface area contributed by atoms with Crippen molar-refractivity contribution >= 4 is 23.8 Å². The Morgan fingerprint density at radius 1 is 0.744 bits per heavy atom. The van der Waals surface area contributed by atoms with Crippen molar-refractivity contribution in [1.82, 2.24) is 10.6 Å². The monoisotopic (exact) mass is 558 g/mol. The van der Waals surface area contributed by atoms with Gasteiger partial charge in [-0.3, -0.25) is 9.59 Å². The van der Waals surface area contributed by atoms with Crippen LogP contribution in [-0.4, -0.2) is 78.3 Å². The molecule has 2 aliphatic carbocycles. The van der Waals surface area contributed by atoms with Crippen molar-refractivity contribution in [3.05, 3.63) is 0 Å². The second-order valence-electron chi connectivity index (χ2n) is 12.4. The topological polar surface area (TPSA) is 149 Å². The van der Waals surface area contributed by atoms with Crippen LogP contribution in [0.4, 0.5) is 9.59 Å². The predicted octanol–water partition coefficient (Wildman–Crippen LogP) is 3.89. The van der Waals surface area contributed by atoms with Crippen LogP contribution in [0.25, 0.3) is 0 Å². The molecule has 2 rings (SSSR count). The smallest absolute Gasteiger partial charge is 0.407 e. The summed E-state index contributed by atoms with van der Waals surface area (Å²) in [4.78, 5) is 46.4. The molecule has 0 bridgehead atoms. The van der Waals surface area contributed by atoms with Gasteiger partial charge in [0.05, 0.1) is 24.3 Å². The lowest BCUT2D eigenvalue weighted by Gasteiger charge is -2.35. The molecule has 226 valence electrons. The molecule has 2 saturated carbocycles. The van der Waals surface area contributed by atoms with E-state index in [0.717, 1.165) is 6.42 Å². The van der Waals surface area contributed by atoms with Crippen molar-refractivity contribution in [3.63, 3.8) is 0 Å². The van der Waals surface area contributed by atoms with Crippen LogP contribution in [0.1, 0.15) is 93.9 Å². The Labute approximate surface area is 233 Å². The summed E-state index contributed by atoms with van der Waals surface area (Å²) in [6.07, 6.45) is 1.97. The Hall–Kier alpha value is -2.24. The van der Waals surface area contributed by atoms with Crippen molar-refractivity contribution in [2.75, 3.05) is 13.9 Å². The van der Waals surface area contributed by atoms with Gasteiger partial charge in [-0.2, -0.15) is 0 Å². The van der Waals surface area contributed by atoms with E-state index in [1.165, 1.54) is 0 Å². The van der Waals surface area contributed by atoms with Crippen molar-refractivity contribution < 1.29 is 43.2 Å². The summed E-state index contributed by atoms with van der Waals surface area (Å²) in [5.41, 5.74) is -1.12. The maximum absolute atomic E-state index is 11.9. The average molecular weight is 559 g/mol. The van der Waals surface area contributed by atoms with Gasteiger partial charge in [0.25, 0.3) is 0 Å². The number of amides is 2. The molecule has 6 atom stereocenters. The standard InChI is InChI=1S/C15H27NO5.C13H23NO4/c1-10(17)11-6-7-13(20-9-19-5)12(8-11)16-14(18)21-15(2,3)4;1-8(15)9-5-6-11(16)10(7-9)14-12(17)18-13(2,3)4/h11-13H,6-9H2,1-5H3,(H,16,18);9-11,16H,5-7H2,1-4H3,(H,14,17)/t11-,12+,13+;9-,10+,11+/m11/s1. The highest BCUT2D eigenvalue weighted by Crippen LogP contribution is 2.28. The minimum Gasteiger partial charge on any atom is -0.444 e. The molecule has 0 saturated heterocycles. The third kappa shape index (κ3) is 14.1. The number of hydrogen-bond acceptors (Lipinski definition) is 9. The van der Waals surface area contributed by atoms with Crippen molar-refractivity contribution in [3.8, 4) is 0 Å². The first-order valence-electron chi connectivity index (χ1n) is 13.7. The van der Waals surface area contributed by atoms with Gasteiger partial charge in [-0.25, -0.2) is 9.59 Å². The Balaban J connectivity index is 0.000000395. The van der Waals surface area contributed by atoms with Gasteiger partial charge in [-0.05, 0) is 93.9 Å². The minimum atomic E-state index is -0.604. The molecule has 3 N–H and O–H groups in total. The first-order chi connectivity index (χ1) is 17.9. The number of rotatable bonds is 7. The van der Waals surface area contributed by atoms with Gasteiger partial charge in [0.1, 0.15) is 29.6 Å². The fourth-order valence-electron chi connectivity index (χ4n) is 4.62. The van der Waals surface area contributed by atoms with Crippen LogP contribution in [0, 0.1) is 11.8 Å². The number of aliphatic hydroxyl groups is 1. The normalized spacial score (nSPS) is 27.3. The quantitative estimate of drug-likeness (QED) is 0.396. The number of carbonyl (C=O) groups is 4. The third-order valence-corrected chi connectivity index (χ3v) is 6.55. The first-order valence-corrected chi connectivity index (χ1v) is 13.7. The van der Waals surface area contributed by atoms with Gasteiger partial charge in [0, 0.05) is 18.9 Å². The van der Waals surface area contributed by atoms with Crippen molar-refractivity contribution in [1.29, 1.82) is 0 Å². The number of ketones is 2. The summed E-state index contributed by atoms with van der Waals surface area (Å²) < 4.78 is 20.9. The van der Waals surface area contributed by atoms with E-state index in [4.69, 9.17) is 18.9 Å². The van der Waals surface area contributed by atoms with Crippen LogP contribution in [0.2, 0.25) is 0 Å². The Morgan fingerprint density at radius 2 is 1.18 bits per heavy atom. The largest absolute Gasteiger partial charge is 0.444 e. The summed E-state index contributed by atoms with van der Waals surface area (Å²) in [5, 5.41) is 15.3. The van der Waals surface area contributed by atoms with E-state index in [1.54, 1.807) is 41.7 Å². The maximum atomic E-state index is 11.9. The highest BCUT2D eigenvalue weighted by Gasteiger charge is 2.35. The van der Waals surface area contributed by atoms with E-state index in [2.05, 4.69) is 10.6 Å². The number of hydrogen-bond donors (Lipinski definition) is 3. The number of carbonyl (C=O) groups excluding carboxylic acids is 4. The molecule has 11 nitrogen and oxygen atoms in total. The van der Waals surface area contributed by atoms with Gasteiger partial charge in [-0.1, -0.05) is 0 Å². The summed E-state index contributed by atoms with van der Waals surface area (Å²) in [7, 11) is 1.55. The zero-order valence-corrected chi connectivity index (χ0v) is 25.1. The molecule has 0 unspecified atom stereocenters. The van der Waals surface area contributed by atoms with E-state index < -0.39 is 35.5 Å². The summed E-state index contributed by atoms with van der Waals surface area (Å²) in [6.45, 7) is 14.1. The van der Waals surface area contributed by atoms with Crippen LogP contribution in [0.3, 0.4) is 0 Å². The van der Waals surface area contributed by atoms with Crippen molar-refractivity contribution in [2.45, 2.75) is 129 Å². The molecular formula is C28H50N2O9. The Bertz CT molecular complexity index is 819. The highest BCUT2D eigenvalue weighted by atomic mass is 16.7. The molecule has 0 aliphatic heterocycles. The van der Waals surface area contributed by atoms with E-state index in [-0.39, 0.29) is 42.3 Å². The summed E-state index contributed by atoms with van der Waals surface area (Å²) >= 11 is 0. The van der Waals surface area contributed by atoms with Crippen molar-refractivity contribution in [2.24, 2.45) is 11.8 Å². The molecule has 2 aliphatic rings. The lowest BCUT2D eigenvalue weighted by molar-refractivity contribution is -0.126. The van der Waals surface area contributed by atoms with Crippen LogP contribution < -0.4 is 10.6 Å². The molecule has 2 fully saturated rings. The van der Waals surface area contributed by atoms with Gasteiger partial charge < -0.3 is 34.7 Å². The predicted molar refractivity (Wildman–Crippen MR) is 145 cm³/mol. The van der Waals surface area contributed by atoms with E-state index in [1.807, 2.05) is 20.8 Å². The zero-order chi connectivity index (χ0) is 30.0. The molecular weight excluding hydrogens is 508 g/mol. The fraction of sp³-hybridized carbons (Fsp3) is 0.857. The van der Waals surface area contributed by atoms with E-state index in [0.29, 0.717) is 32.1 Å². The number of aliphatic hydroxyl groups excluding tert-OH is 1. The van der Waals surface area contributed by atoms with Crippen LogP contribution >= 0.6 is 0 Å². The number of ether oxygens (including phenoxy) is 4. The Morgan fingerprint density at radius 3 is 1.62 bits per heavy atom. The molecule has 0 heterocycles. The molecule has 0 radical (unpaired) electrons. The van der Waals surface area contributed by atoms with E-state index >= 15 is 0 Å². The third-order valence-electron chi connectivity index (χ3n) is 6.55. The van der Waals surface area contributed by atoms with Gasteiger partial charge in [0.15, 0.2) is 0 Å². The average Bonchev–Trinajstić information content (AvgIpc) is 2.77. The van der Waals surface area contributed by atoms with Crippen LogP contribution in [0.15, 0.2) is 0 Å². The van der Waals surface area contributed by atoms with Gasteiger partial charge in [0.2, 0.25) is 0 Å². The molecule has 11 heteroatoms. The molecule has 39 heavy (non-hydrogen) atoms. The van der Waals surface area contributed by atoms with Gasteiger partial charge in [-0.15, -0.1) is 0 Å². The lowest BCUT2D eigenvalue weighted by atomic mass is 9.82. The number of alkyl carbamates (subject to hydrolysis) is 2. The summed E-state index contributed by atoms with van der Waals surface area (Å²) in [5.74, 6) is 0.148. The second kappa shape index (κ2) is 15.5. The second-order valence-corrected chi connectivity index (χ2v) is 12.4. The molecule has 2 amide bonds. The minimum absolute atomic E-state index is 0.0349. The number of Topliss-reactive ketones (excluding diaryl/α,β-unsaturated/α-hetero) is 2. The SMILES string of the molecule is CC(=O)[C@@H]1CC[C@H](O)[C@@H](NC(=O)OC(C)(C)C)C1.COCO[C@H]1CC[C@@H](C(C)=O)C[C@@H]1NC(=O)OC(C)(C)C. The maximum Gasteiger partial charge on any atom is 0.407 e. The molecule has 0 aromatic rings. The molecule has 0 aromatic carbocycles. The number of methoxy groups -OCH3 is 1. The van der Waals surface area contributed by atoms with Crippen LogP contribution in [0.5, 0.6) is 0 Å². The fourth-order valence-corrected chi connectivity index (χ4v) is 4.62. The Kier molecular flexibility index (Phi) is 13.8. The number of nitrogens with one attached hydrogen (secondary N) is 2. The molecule has 0 spiro atoms. The highest BCUT2D eigenvalue weighted by molar-refractivity contribution is 5.79. The molecule has 0 aromatic heterocycles. The van der Waals surface area contributed by atoms with E-state index in [9.17, 15) is 24.3 Å². The van der Waals surface area contributed by atoms with Gasteiger partial charge >= 0.3 is 12.2 Å². The first kappa shape index (κ1) is 34.8. The lowest BCUT2D eigenvalue weighted by Crippen LogP contribution is -2.50.